The number of nitrogens with zero attached hydrogens (tertiary/aromatic N) is 4. The van der Waals surface area contributed by atoms with Crippen LogP contribution in [0.15, 0.2) is 30.3 Å². The van der Waals surface area contributed by atoms with E-state index in [0.717, 1.165) is 24.3 Å². The Labute approximate surface area is 183 Å². The number of esters is 1. The number of nitro benzene ring substituents is 2. The molecular weight excluding hydrogens is 395 g/mol. The molecule has 0 N–H and O–H groups in total. The molecule has 1 aliphatic carbocycles. The van der Waals surface area contributed by atoms with Gasteiger partial charge in [0.05, 0.1) is 15.4 Å². The molecule has 0 aliphatic heterocycles. The number of nitriles is 2. The topological polar surface area (TPSA) is 177 Å². The molecule has 0 unspecified atom stereocenters. The van der Waals surface area contributed by atoms with Crippen molar-refractivity contribution < 1.29 is 24.2 Å². The summed E-state index contributed by atoms with van der Waals surface area (Å²) in [5.74, 6) is -1.95. The van der Waals surface area contributed by atoms with E-state index in [0.29, 0.717) is 0 Å². The monoisotopic (exact) mass is 402 g/mol. The predicted molar refractivity (Wildman–Crippen MR) is 96.2 cm³/mol. The van der Waals surface area contributed by atoms with E-state index in [1.807, 2.05) is 0 Å². The van der Waals surface area contributed by atoms with Crippen LogP contribution in [-0.2, 0) is 4.74 Å². The van der Waals surface area contributed by atoms with Crippen LogP contribution >= 0.6 is 0 Å². The number of hydrogen-bond acceptors (Lipinski definition) is 9. The minimum atomic E-state index is -1.75. The van der Waals surface area contributed by atoms with Gasteiger partial charge in [0, 0.05) is 41.0 Å². The van der Waals surface area contributed by atoms with E-state index in [9.17, 15) is 29.8 Å². The summed E-state index contributed by atoms with van der Waals surface area (Å²) in [4.78, 5) is 45.7. The summed E-state index contributed by atoms with van der Waals surface area (Å²) in [6.45, 7) is 0. The van der Waals surface area contributed by atoms with Crippen molar-refractivity contribution >= 4 is 52.7 Å². The molecule has 11 nitrogen and oxygen atoms in total. The summed E-state index contributed by atoms with van der Waals surface area (Å²) in [6.07, 6.45) is -1.75. The molecule has 0 bridgehead atoms. The maximum atomic E-state index is 12.6. The second-order valence-electron chi connectivity index (χ2n) is 5.53. The van der Waals surface area contributed by atoms with Crippen LogP contribution in [0.1, 0.15) is 26.3 Å². The quantitative estimate of drug-likeness (QED) is 0.271. The summed E-state index contributed by atoms with van der Waals surface area (Å²) in [5, 5.41) is 39.7. The van der Waals surface area contributed by atoms with E-state index < -0.39 is 39.0 Å². The van der Waals surface area contributed by atoms with Crippen molar-refractivity contribution in [3.05, 3.63) is 67.3 Å². The maximum absolute atomic E-state index is 12.6. The van der Waals surface area contributed by atoms with Gasteiger partial charge in [0.1, 0.15) is 12.1 Å². The van der Waals surface area contributed by atoms with Crippen LogP contribution in [-0.4, -0.2) is 57.3 Å². The fourth-order valence-corrected chi connectivity index (χ4v) is 2.81. The number of ether oxygens (including phenoxy) is 1. The third kappa shape index (κ3) is 3.70. The zero-order valence-electron chi connectivity index (χ0n) is 13.6. The normalized spacial score (nSPS) is 10.8. The van der Waals surface area contributed by atoms with E-state index in [-0.39, 0.29) is 57.5 Å². The molecule has 3 rings (SSSR count). The molecule has 0 heterocycles. The molecule has 12 heteroatoms. The number of carbonyl (C=O) groups excluding carboxylic acids is 2. The summed E-state index contributed by atoms with van der Waals surface area (Å²) in [5.41, 5.74) is -1.53. The average Bonchev–Trinajstić information content (AvgIpc) is 2.97. The summed E-state index contributed by atoms with van der Waals surface area (Å²) >= 11 is 0. The number of benzene rings is 2. The minimum absolute atomic E-state index is 0. The zero-order chi connectivity index (χ0) is 20.6. The molecule has 1 aliphatic rings. The third-order valence-electron chi connectivity index (χ3n) is 3.99. The van der Waals surface area contributed by atoms with Gasteiger partial charge in [-0.15, -0.1) is 0 Å². The molecule has 138 valence electrons. The van der Waals surface area contributed by atoms with Gasteiger partial charge in [0.25, 0.3) is 17.5 Å². The molecule has 0 aromatic heterocycles. The van der Waals surface area contributed by atoms with Gasteiger partial charge in [-0.25, -0.2) is 4.79 Å². The van der Waals surface area contributed by atoms with Gasteiger partial charge >= 0.3 is 35.5 Å². The summed E-state index contributed by atoms with van der Waals surface area (Å²) in [7, 11) is 0. The van der Waals surface area contributed by atoms with Crippen LogP contribution in [0.2, 0.25) is 0 Å². The fourth-order valence-electron chi connectivity index (χ4n) is 2.81. The average molecular weight is 402 g/mol. The standard InChI is InChI=1S/C17H6N4O7.Na.H/c18-6-10(7-19)28-17(23)14-5-9(21(26)27)4-13-15(14)11-2-1-8(20(24)25)3-12(11)16(13)22;;/h1-5,10H;;. The second kappa shape index (κ2) is 8.16. The molecule has 0 atom stereocenters. The van der Waals surface area contributed by atoms with Crippen LogP contribution < -0.4 is 0 Å². The van der Waals surface area contributed by atoms with Gasteiger partial charge < -0.3 is 4.74 Å². The molecule has 2 aromatic rings. The molecule has 0 saturated heterocycles. The summed E-state index contributed by atoms with van der Waals surface area (Å²) < 4.78 is 4.70. The van der Waals surface area contributed by atoms with E-state index in [2.05, 4.69) is 0 Å². The van der Waals surface area contributed by atoms with Crippen molar-refractivity contribution in [3.63, 3.8) is 0 Å². The van der Waals surface area contributed by atoms with E-state index in [4.69, 9.17) is 15.3 Å². The molecule has 29 heavy (non-hydrogen) atoms. The Morgan fingerprint density at radius 1 is 0.966 bits per heavy atom. The van der Waals surface area contributed by atoms with Crippen molar-refractivity contribution in [2.75, 3.05) is 0 Å². The number of hydrogen-bond donors (Lipinski definition) is 0. The van der Waals surface area contributed by atoms with E-state index >= 15 is 0 Å². The van der Waals surface area contributed by atoms with Crippen molar-refractivity contribution in [1.29, 1.82) is 10.5 Å². The number of ketones is 1. The fraction of sp³-hybridized carbons (Fsp3) is 0.0588. The third-order valence-corrected chi connectivity index (χ3v) is 3.99. The Hall–Kier alpha value is -3.64. The van der Waals surface area contributed by atoms with Crippen molar-refractivity contribution in [2.24, 2.45) is 0 Å². The molecule has 0 amide bonds. The van der Waals surface area contributed by atoms with Gasteiger partial charge in [-0.2, -0.15) is 10.5 Å². The van der Waals surface area contributed by atoms with Gasteiger partial charge in [-0.3, -0.25) is 25.0 Å². The number of non-ortho nitro benzene ring substituents is 2. The SMILES string of the molecule is N#CC(C#N)OC(=O)c1cc([N+](=O)[O-])cc2c1-c1ccc([N+](=O)[O-])cc1C2=O.[NaH]. The Bertz CT molecular complexity index is 1170. The number of nitro groups is 2. The van der Waals surface area contributed by atoms with E-state index in [1.165, 1.54) is 18.2 Å². The Balaban J connectivity index is 0.00000300. The van der Waals surface area contributed by atoms with Crippen LogP contribution in [0.25, 0.3) is 11.1 Å². The van der Waals surface area contributed by atoms with Gasteiger partial charge in [-0.05, 0) is 11.6 Å². The first-order chi connectivity index (χ1) is 13.3. The summed E-state index contributed by atoms with van der Waals surface area (Å²) in [6, 6.07) is 8.02. The molecule has 2 aromatic carbocycles. The molecule has 0 fully saturated rings. The zero-order valence-corrected chi connectivity index (χ0v) is 13.6. The second-order valence-corrected chi connectivity index (χ2v) is 5.53. The first-order valence-corrected chi connectivity index (χ1v) is 7.44. The number of rotatable bonds is 4. The van der Waals surface area contributed by atoms with Gasteiger partial charge in [0.15, 0.2) is 5.78 Å². The van der Waals surface area contributed by atoms with Crippen molar-refractivity contribution in [2.45, 2.75) is 6.10 Å². The first-order valence-electron chi connectivity index (χ1n) is 7.44. The number of fused-ring (bicyclic) bond motifs is 3. The van der Waals surface area contributed by atoms with Gasteiger partial charge in [-0.1, -0.05) is 0 Å². The van der Waals surface area contributed by atoms with Crippen LogP contribution in [0.4, 0.5) is 11.4 Å². The molecular formula is C17H7N4NaO7. The number of carbonyl (C=O) groups is 2. The van der Waals surface area contributed by atoms with Crippen molar-refractivity contribution in [3.8, 4) is 23.3 Å². The van der Waals surface area contributed by atoms with Gasteiger partial charge in [0.2, 0.25) is 0 Å². The first kappa shape index (κ1) is 21.7. The Morgan fingerprint density at radius 3 is 2.10 bits per heavy atom. The van der Waals surface area contributed by atoms with Crippen molar-refractivity contribution in [1.82, 2.24) is 0 Å². The van der Waals surface area contributed by atoms with E-state index in [1.54, 1.807) is 0 Å². The van der Waals surface area contributed by atoms with Crippen LogP contribution in [0, 0.1) is 42.9 Å². The predicted octanol–water partition coefficient (Wildman–Crippen LogP) is 1.64. The molecule has 0 spiro atoms. The van der Waals surface area contributed by atoms with Crippen LogP contribution in [0.5, 0.6) is 0 Å². The molecule has 0 saturated carbocycles. The Morgan fingerprint density at radius 2 is 1.55 bits per heavy atom. The Kier molecular flexibility index (Phi) is 6.09. The van der Waals surface area contributed by atoms with Crippen LogP contribution in [0.3, 0.4) is 0 Å². The molecule has 0 radical (unpaired) electrons.